The summed E-state index contributed by atoms with van der Waals surface area (Å²) in [5.41, 5.74) is 2.21. The number of rotatable bonds is 7. The van der Waals surface area contributed by atoms with Crippen LogP contribution in [0.4, 0.5) is 20.5 Å². The lowest BCUT2D eigenvalue weighted by atomic mass is 10.1. The van der Waals surface area contributed by atoms with Gasteiger partial charge in [0.25, 0.3) is 0 Å². The fourth-order valence-corrected chi connectivity index (χ4v) is 5.22. The first-order valence-corrected chi connectivity index (χ1v) is 12.5. The van der Waals surface area contributed by atoms with Gasteiger partial charge in [-0.05, 0) is 24.6 Å². The normalized spacial score (nSPS) is 17.9. The Hall–Kier alpha value is -3.54. The van der Waals surface area contributed by atoms with Crippen LogP contribution < -0.4 is 10.6 Å². The van der Waals surface area contributed by atoms with Gasteiger partial charge < -0.3 is 19.9 Å². The average molecular weight is 507 g/mol. The van der Waals surface area contributed by atoms with Gasteiger partial charge in [-0.15, -0.1) is 0 Å². The van der Waals surface area contributed by atoms with Crippen LogP contribution in [-0.2, 0) is 17.7 Å². The molecule has 4 aromatic rings. The van der Waals surface area contributed by atoms with E-state index in [1.165, 1.54) is 6.07 Å². The molecule has 0 spiro atoms. The largest absolute Gasteiger partial charge is 0.383 e. The molecular formula is C26H28F2N8O. The molecule has 1 fully saturated rings. The molecule has 2 aliphatic heterocycles. The molecular weight excluding hydrogens is 478 g/mol. The Balaban J connectivity index is 1.33. The zero-order valence-electron chi connectivity index (χ0n) is 20.5. The van der Waals surface area contributed by atoms with Crippen LogP contribution >= 0.6 is 0 Å². The Morgan fingerprint density at radius 2 is 2.00 bits per heavy atom. The summed E-state index contributed by atoms with van der Waals surface area (Å²) < 4.78 is 37.5. The fourth-order valence-electron chi connectivity index (χ4n) is 5.22. The Labute approximate surface area is 212 Å². The highest BCUT2D eigenvalue weighted by atomic mass is 19.1. The smallest absolute Gasteiger partial charge is 0.229 e. The van der Waals surface area contributed by atoms with Gasteiger partial charge in [0.2, 0.25) is 5.95 Å². The minimum Gasteiger partial charge on any atom is -0.383 e. The second kappa shape index (κ2) is 10.1. The van der Waals surface area contributed by atoms with E-state index in [1.807, 2.05) is 16.7 Å². The van der Waals surface area contributed by atoms with Crippen molar-refractivity contribution >= 4 is 22.8 Å². The number of methoxy groups -OCH3 is 1. The summed E-state index contributed by atoms with van der Waals surface area (Å²) in [6, 6.07) is 6.97. The molecule has 0 aliphatic carbocycles. The lowest BCUT2D eigenvalue weighted by Crippen LogP contribution is -2.43. The van der Waals surface area contributed by atoms with Crippen molar-refractivity contribution in [1.82, 2.24) is 34.7 Å². The first-order chi connectivity index (χ1) is 18.1. The maximum Gasteiger partial charge on any atom is 0.229 e. The molecule has 192 valence electrons. The van der Waals surface area contributed by atoms with E-state index in [0.29, 0.717) is 23.5 Å². The molecule has 1 atom stereocenters. The van der Waals surface area contributed by atoms with Crippen molar-refractivity contribution in [2.24, 2.45) is 0 Å². The average Bonchev–Trinajstić information content (AvgIpc) is 3.48. The summed E-state index contributed by atoms with van der Waals surface area (Å²) in [6.45, 7) is 5.01. The van der Waals surface area contributed by atoms with E-state index in [1.54, 1.807) is 19.4 Å². The maximum atomic E-state index is 15.1. The number of pyridine rings is 1. The van der Waals surface area contributed by atoms with Crippen LogP contribution in [0.25, 0.3) is 22.3 Å². The van der Waals surface area contributed by atoms with E-state index in [2.05, 4.69) is 35.5 Å². The summed E-state index contributed by atoms with van der Waals surface area (Å²) in [6.07, 6.45) is 4.40. The van der Waals surface area contributed by atoms with Crippen LogP contribution in [0.3, 0.4) is 0 Å². The third-order valence-electron chi connectivity index (χ3n) is 6.99. The topological polar surface area (TPSA) is 93.0 Å². The number of benzene rings is 1. The molecule has 6 rings (SSSR count). The van der Waals surface area contributed by atoms with Gasteiger partial charge in [0.1, 0.15) is 22.9 Å². The molecule has 9 nitrogen and oxygen atoms in total. The van der Waals surface area contributed by atoms with Crippen molar-refractivity contribution in [2.75, 3.05) is 45.2 Å². The second-order valence-corrected chi connectivity index (χ2v) is 9.42. The van der Waals surface area contributed by atoms with Gasteiger partial charge in [0.05, 0.1) is 24.4 Å². The SMILES string of the molecule is COC[C@@H]1CCc2nc3c(F)cc(-c4nc(Nc5ncccc5CN5CCNCC5)ncc4F)cc3n21. The van der Waals surface area contributed by atoms with E-state index < -0.39 is 11.6 Å². The van der Waals surface area contributed by atoms with Crippen LogP contribution in [0.5, 0.6) is 0 Å². The highest BCUT2D eigenvalue weighted by Gasteiger charge is 2.28. The number of halogens is 2. The van der Waals surface area contributed by atoms with Crippen molar-refractivity contribution in [3.05, 3.63) is 59.7 Å². The number of nitrogens with one attached hydrogen (secondary N) is 2. The van der Waals surface area contributed by atoms with E-state index in [4.69, 9.17) is 4.74 Å². The Morgan fingerprint density at radius 1 is 1.14 bits per heavy atom. The summed E-state index contributed by atoms with van der Waals surface area (Å²) in [5.74, 6) is 0.456. The minimum atomic E-state index is -0.638. The van der Waals surface area contributed by atoms with Gasteiger partial charge >= 0.3 is 0 Å². The van der Waals surface area contributed by atoms with E-state index in [-0.39, 0.29) is 23.2 Å². The number of nitrogens with zero attached hydrogens (tertiary/aromatic N) is 6. The fraction of sp³-hybridized carbons (Fsp3) is 0.385. The Bertz CT molecular complexity index is 1440. The van der Waals surface area contributed by atoms with Crippen LogP contribution in [0, 0.1) is 11.6 Å². The summed E-state index contributed by atoms with van der Waals surface area (Å²) in [7, 11) is 1.64. The molecule has 37 heavy (non-hydrogen) atoms. The van der Waals surface area contributed by atoms with Gasteiger partial charge in [-0.3, -0.25) is 4.90 Å². The first-order valence-electron chi connectivity index (χ1n) is 12.5. The van der Waals surface area contributed by atoms with Gasteiger partial charge in [-0.2, -0.15) is 0 Å². The predicted octanol–water partition coefficient (Wildman–Crippen LogP) is 3.45. The molecule has 0 bridgehead atoms. The number of hydrogen-bond acceptors (Lipinski definition) is 8. The van der Waals surface area contributed by atoms with Crippen LogP contribution in [-0.4, -0.2) is 69.3 Å². The molecule has 2 N–H and O–H groups in total. The Morgan fingerprint density at radius 3 is 2.84 bits per heavy atom. The highest BCUT2D eigenvalue weighted by molar-refractivity contribution is 5.83. The van der Waals surface area contributed by atoms with E-state index in [0.717, 1.165) is 63.2 Å². The monoisotopic (exact) mass is 506 g/mol. The molecule has 0 unspecified atom stereocenters. The van der Waals surface area contributed by atoms with Crippen molar-refractivity contribution in [1.29, 1.82) is 0 Å². The lowest BCUT2D eigenvalue weighted by Gasteiger charge is -2.27. The molecule has 2 aliphatic rings. The molecule has 11 heteroatoms. The molecule has 0 saturated carbocycles. The number of piperazine rings is 1. The summed E-state index contributed by atoms with van der Waals surface area (Å²) in [4.78, 5) is 19.9. The number of aryl methyl sites for hydroxylation is 1. The van der Waals surface area contributed by atoms with Crippen molar-refractivity contribution in [2.45, 2.75) is 25.4 Å². The number of ether oxygens (including phenoxy) is 1. The highest BCUT2D eigenvalue weighted by Crippen LogP contribution is 2.35. The maximum absolute atomic E-state index is 15.1. The van der Waals surface area contributed by atoms with Gasteiger partial charge in [-0.25, -0.2) is 28.7 Å². The molecule has 3 aromatic heterocycles. The lowest BCUT2D eigenvalue weighted by molar-refractivity contribution is 0.160. The van der Waals surface area contributed by atoms with Gasteiger partial charge in [-0.1, -0.05) is 6.07 Å². The second-order valence-electron chi connectivity index (χ2n) is 9.42. The predicted molar refractivity (Wildman–Crippen MR) is 136 cm³/mol. The third-order valence-corrected chi connectivity index (χ3v) is 6.99. The quantitative estimate of drug-likeness (QED) is 0.394. The summed E-state index contributed by atoms with van der Waals surface area (Å²) in [5, 5.41) is 6.49. The van der Waals surface area contributed by atoms with Gasteiger partial charge in [0.15, 0.2) is 11.6 Å². The standard InChI is InChI=1S/C26H28F2N8O/c1-37-15-18-4-5-22-32-24-19(27)11-17(12-21(24)36(18)22)23-20(28)13-31-26(33-23)34-25-16(3-2-6-30-25)14-35-9-7-29-8-10-35/h2-3,6,11-13,18,29H,4-5,7-10,14-15H2,1H3,(H,30,31,33,34)/t18-/m0/s1. The zero-order chi connectivity index (χ0) is 25.4. The molecule has 1 aromatic carbocycles. The number of anilines is 2. The molecule has 0 radical (unpaired) electrons. The number of hydrogen-bond donors (Lipinski definition) is 2. The van der Waals surface area contributed by atoms with Crippen LogP contribution in [0.15, 0.2) is 36.7 Å². The Kier molecular flexibility index (Phi) is 6.49. The van der Waals surface area contributed by atoms with Crippen molar-refractivity contribution in [3.63, 3.8) is 0 Å². The number of imidazole rings is 1. The molecule has 0 amide bonds. The van der Waals surface area contributed by atoms with Crippen LogP contribution in [0.2, 0.25) is 0 Å². The molecule has 1 saturated heterocycles. The van der Waals surface area contributed by atoms with Gasteiger partial charge in [0, 0.05) is 63.6 Å². The minimum absolute atomic E-state index is 0.00900. The van der Waals surface area contributed by atoms with Crippen molar-refractivity contribution in [3.8, 4) is 11.3 Å². The van der Waals surface area contributed by atoms with Crippen molar-refractivity contribution < 1.29 is 13.5 Å². The number of aromatic nitrogens is 5. The summed E-state index contributed by atoms with van der Waals surface area (Å²) >= 11 is 0. The third kappa shape index (κ3) is 4.65. The number of fused-ring (bicyclic) bond motifs is 3. The first kappa shape index (κ1) is 23.8. The zero-order valence-corrected chi connectivity index (χ0v) is 20.5. The van der Waals surface area contributed by atoms with E-state index >= 15 is 4.39 Å². The van der Waals surface area contributed by atoms with E-state index in [9.17, 15) is 4.39 Å². The molecule has 5 heterocycles. The van der Waals surface area contributed by atoms with Crippen LogP contribution in [0.1, 0.15) is 23.9 Å².